The van der Waals surface area contributed by atoms with Crippen molar-refractivity contribution >= 4 is 0 Å². The summed E-state index contributed by atoms with van der Waals surface area (Å²) in [6.45, 7) is 9.00. The van der Waals surface area contributed by atoms with Gasteiger partial charge in [0.25, 0.3) is 0 Å². The molecule has 0 fully saturated rings. The molecule has 0 aromatic rings. The van der Waals surface area contributed by atoms with E-state index < -0.39 is 0 Å². The molecule has 0 N–H and O–H groups in total. The first kappa shape index (κ1) is 20.4. The number of hydrogen-bond donors (Lipinski definition) is 0. The van der Waals surface area contributed by atoms with Gasteiger partial charge in [-0.3, -0.25) is 0 Å². The van der Waals surface area contributed by atoms with Crippen LogP contribution in [-0.2, 0) is 26.4 Å². The van der Waals surface area contributed by atoms with Crippen molar-refractivity contribution in [2.24, 2.45) is 0 Å². The Bertz CT molecular complexity index is 242. The van der Waals surface area contributed by atoms with Crippen molar-refractivity contribution in [3.05, 3.63) is 68.3 Å². The van der Waals surface area contributed by atoms with Crippen LogP contribution in [0, 0.1) is 19.7 Å². The first-order chi connectivity index (χ1) is 7.50. The molecule has 0 amide bonds. The van der Waals surface area contributed by atoms with Crippen LogP contribution in [0.25, 0.3) is 0 Å². The Morgan fingerprint density at radius 2 is 1.00 bits per heavy atom. The quantitative estimate of drug-likeness (QED) is 0.363. The molecular formula is C13H13MnO2. The Labute approximate surface area is 108 Å². The minimum atomic E-state index is 0. The molecule has 84 valence electrons. The molecule has 2 aliphatic carbocycles. The fourth-order valence-corrected chi connectivity index (χ4v) is 0.863. The molecule has 0 unspecified atom stereocenters. The van der Waals surface area contributed by atoms with Crippen LogP contribution in [0.3, 0.4) is 0 Å². The number of hydrogen-bond acceptors (Lipinski definition) is 0. The maximum atomic E-state index is 7.50. The predicted molar refractivity (Wildman–Crippen MR) is 58.0 cm³/mol. The number of allylic oxidation sites excluding steroid dienone is 8. The smallest absolute Gasteiger partial charge is 0.00506 e. The summed E-state index contributed by atoms with van der Waals surface area (Å²) in [5.74, 6) is 0. The van der Waals surface area contributed by atoms with Gasteiger partial charge in [0, 0.05) is 23.5 Å². The third-order valence-corrected chi connectivity index (χ3v) is 1.44. The van der Waals surface area contributed by atoms with Gasteiger partial charge in [0.1, 0.15) is 0 Å². The van der Waals surface area contributed by atoms with Crippen molar-refractivity contribution in [1.29, 1.82) is 0 Å². The van der Waals surface area contributed by atoms with Crippen LogP contribution in [0.2, 0.25) is 0 Å². The third kappa shape index (κ3) is 18.7. The van der Waals surface area contributed by atoms with Gasteiger partial charge in [-0.15, -0.1) is 0 Å². The maximum absolute atomic E-state index is 7.50. The summed E-state index contributed by atoms with van der Waals surface area (Å²) in [6.07, 6.45) is 21.0. The van der Waals surface area contributed by atoms with Crippen LogP contribution < -0.4 is 0 Å². The molecule has 16 heavy (non-hydrogen) atoms. The van der Waals surface area contributed by atoms with E-state index in [0.29, 0.717) is 0 Å². The van der Waals surface area contributed by atoms with E-state index >= 15 is 0 Å². The van der Waals surface area contributed by atoms with Gasteiger partial charge in [-0.25, -0.2) is 0 Å². The molecule has 0 bridgehead atoms. The topological polar surface area (TPSA) is 39.8 Å². The zero-order valence-corrected chi connectivity index (χ0v) is 9.99. The third-order valence-electron chi connectivity index (χ3n) is 1.44. The predicted octanol–water partition coefficient (Wildman–Crippen LogP) is 3.13. The van der Waals surface area contributed by atoms with E-state index in [1.54, 1.807) is 0 Å². The van der Waals surface area contributed by atoms with Crippen molar-refractivity contribution < 1.29 is 26.4 Å². The molecule has 0 aromatic carbocycles. The molecule has 2 rings (SSSR count). The Morgan fingerprint density at radius 1 is 0.625 bits per heavy atom. The monoisotopic (exact) mass is 256 g/mol. The van der Waals surface area contributed by atoms with Crippen LogP contribution in [-0.4, -0.2) is 0 Å². The normalized spacial score (nSPS) is 12.8. The van der Waals surface area contributed by atoms with E-state index in [1.807, 2.05) is 30.7 Å². The van der Waals surface area contributed by atoms with Crippen LogP contribution in [0.15, 0.2) is 48.6 Å². The SMILES string of the molecule is C1=CCCC=C1.[C-]#[O+].[C-]#[O+].[CH]1C=CC=C1.[Mn]. The standard InChI is InChI=1S/C6H8.C5H5.2CO.Mn/c1-2-4-6-5-3-1;1-2-4-5-3-1;2*1-2;/h1-4H,5-6H2;1-5H;;;. The Morgan fingerprint density at radius 3 is 1.12 bits per heavy atom. The van der Waals surface area contributed by atoms with Gasteiger partial charge >= 0.3 is 22.6 Å². The zero-order valence-electron chi connectivity index (χ0n) is 8.80. The van der Waals surface area contributed by atoms with Crippen LogP contribution in [0.1, 0.15) is 12.8 Å². The fourth-order valence-electron chi connectivity index (χ4n) is 0.863. The van der Waals surface area contributed by atoms with Crippen molar-refractivity contribution in [3.8, 4) is 0 Å². The average molecular weight is 256 g/mol. The molecule has 0 saturated carbocycles. The van der Waals surface area contributed by atoms with Gasteiger partial charge in [0.05, 0.1) is 0 Å². The van der Waals surface area contributed by atoms with Crippen molar-refractivity contribution in [1.82, 2.24) is 0 Å². The molecule has 2 aliphatic rings. The maximum Gasteiger partial charge on any atom is 0.00506 e. The van der Waals surface area contributed by atoms with Gasteiger partial charge in [0.2, 0.25) is 0 Å². The summed E-state index contributed by atoms with van der Waals surface area (Å²) in [4.78, 5) is 0. The van der Waals surface area contributed by atoms with E-state index in [0.717, 1.165) is 0 Å². The molecule has 2 radical (unpaired) electrons. The number of rotatable bonds is 0. The van der Waals surface area contributed by atoms with Gasteiger partial charge in [-0.05, 0) is 12.8 Å². The minimum absolute atomic E-state index is 0. The Hall–Kier alpha value is -1.04. The molecule has 0 atom stereocenters. The van der Waals surface area contributed by atoms with E-state index in [1.165, 1.54) is 12.8 Å². The van der Waals surface area contributed by atoms with Crippen molar-refractivity contribution in [3.63, 3.8) is 0 Å². The minimum Gasteiger partial charge on any atom is -0.0767 e. The van der Waals surface area contributed by atoms with Gasteiger partial charge in [0.15, 0.2) is 0 Å². The summed E-state index contributed by atoms with van der Waals surface area (Å²) in [7, 11) is 0. The Kier molecular flexibility index (Phi) is 30.1. The second-order valence-corrected chi connectivity index (χ2v) is 2.40. The first-order valence-corrected chi connectivity index (χ1v) is 4.39. The summed E-state index contributed by atoms with van der Waals surface area (Å²) in [6, 6.07) is 0. The average Bonchev–Trinajstić information content (AvgIpc) is 2.95. The molecular weight excluding hydrogens is 243 g/mol. The van der Waals surface area contributed by atoms with Gasteiger partial charge in [-0.1, -0.05) is 48.6 Å². The van der Waals surface area contributed by atoms with Crippen molar-refractivity contribution in [2.75, 3.05) is 0 Å². The zero-order chi connectivity index (χ0) is 11.8. The molecule has 3 heteroatoms. The molecule has 0 heterocycles. The van der Waals surface area contributed by atoms with Crippen LogP contribution in [0.4, 0.5) is 0 Å². The van der Waals surface area contributed by atoms with Gasteiger partial charge in [-0.2, -0.15) is 0 Å². The molecule has 0 aliphatic heterocycles. The van der Waals surface area contributed by atoms with E-state index in [9.17, 15) is 0 Å². The van der Waals surface area contributed by atoms with E-state index in [4.69, 9.17) is 9.30 Å². The summed E-state index contributed by atoms with van der Waals surface area (Å²) in [5, 5.41) is 0. The summed E-state index contributed by atoms with van der Waals surface area (Å²) >= 11 is 0. The first-order valence-electron chi connectivity index (χ1n) is 4.39. The second kappa shape index (κ2) is 23.6. The van der Waals surface area contributed by atoms with Crippen LogP contribution in [0.5, 0.6) is 0 Å². The largest absolute Gasteiger partial charge is 0.0767 e. The van der Waals surface area contributed by atoms with E-state index in [2.05, 4.69) is 37.6 Å². The Balaban J connectivity index is -0.000000156. The molecule has 0 aromatic heterocycles. The molecule has 2 nitrogen and oxygen atoms in total. The summed E-state index contributed by atoms with van der Waals surface area (Å²) in [5.41, 5.74) is 0. The van der Waals surface area contributed by atoms with Gasteiger partial charge < -0.3 is 0 Å². The molecule has 0 spiro atoms. The molecule has 0 saturated heterocycles. The van der Waals surface area contributed by atoms with E-state index in [-0.39, 0.29) is 17.1 Å². The summed E-state index contributed by atoms with van der Waals surface area (Å²) < 4.78 is 15.0. The second-order valence-electron chi connectivity index (χ2n) is 2.40. The van der Waals surface area contributed by atoms with Crippen molar-refractivity contribution in [2.45, 2.75) is 12.8 Å². The fraction of sp³-hybridized carbons (Fsp3) is 0.154. The van der Waals surface area contributed by atoms with Crippen LogP contribution >= 0.6 is 0 Å².